The van der Waals surface area contributed by atoms with Crippen LogP contribution in [0.4, 0.5) is 0 Å². The second kappa shape index (κ2) is 3.49. The number of aliphatic hydroxyl groups excluding tert-OH is 1. The minimum absolute atomic E-state index is 0.0758. The molecular formula is C12H20O2. The summed E-state index contributed by atoms with van der Waals surface area (Å²) in [5.41, 5.74) is 0. The molecule has 3 fully saturated rings. The van der Waals surface area contributed by atoms with Gasteiger partial charge in [-0.3, -0.25) is 0 Å². The van der Waals surface area contributed by atoms with Gasteiger partial charge < -0.3 is 9.84 Å². The van der Waals surface area contributed by atoms with Gasteiger partial charge in [0.15, 0.2) is 0 Å². The monoisotopic (exact) mass is 196 g/mol. The molecule has 0 spiro atoms. The van der Waals surface area contributed by atoms with E-state index >= 15 is 0 Å². The fourth-order valence-electron chi connectivity index (χ4n) is 3.98. The average Bonchev–Trinajstić information content (AvgIpc) is 2.79. The fraction of sp³-hybridized carbons (Fsp3) is 1.00. The first-order valence-electron chi connectivity index (χ1n) is 6.10. The third-order valence-electron chi connectivity index (χ3n) is 4.71. The van der Waals surface area contributed by atoms with Gasteiger partial charge >= 0.3 is 0 Å². The van der Waals surface area contributed by atoms with Gasteiger partial charge in [0.05, 0.1) is 12.7 Å². The lowest BCUT2D eigenvalue weighted by atomic mass is 9.76. The third-order valence-corrected chi connectivity index (χ3v) is 4.71. The van der Waals surface area contributed by atoms with Gasteiger partial charge in [0.2, 0.25) is 0 Å². The van der Waals surface area contributed by atoms with E-state index < -0.39 is 0 Å². The predicted octanol–water partition coefficient (Wildman–Crippen LogP) is 1.82. The highest BCUT2D eigenvalue weighted by atomic mass is 16.5. The van der Waals surface area contributed by atoms with Crippen molar-refractivity contribution in [2.75, 3.05) is 13.2 Å². The molecule has 0 amide bonds. The van der Waals surface area contributed by atoms with E-state index in [0.29, 0.717) is 5.92 Å². The van der Waals surface area contributed by atoms with Gasteiger partial charge in [-0.15, -0.1) is 0 Å². The van der Waals surface area contributed by atoms with Gasteiger partial charge in [0.25, 0.3) is 0 Å². The molecule has 0 aromatic carbocycles. The van der Waals surface area contributed by atoms with Crippen molar-refractivity contribution >= 4 is 0 Å². The Morgan fingerprint density at radius 3 is 2.57 bits per heavy atom. The van der Waals surface area contributed by atoms with Crippen molar-refractivity contribution in [1.29, 1.82) is 0 Å². The summed E-state index contributed by atoms with van der Waals surface area (Å²) in [4.78, 5) is 0. The van der Waals surface area contributed by atoms with E-state index in [9.17, 15) is 5.11 Å². The Kier molecular flexibility index (Phi) is 2.29. The molecule has 2 saturated carbocycles. The highest BCUT2D eigenvalue weighted by Gasteiger charge is 2.45. The number of ether oxygens (including phenoxy) is 1. The van der Waals surface area contributed by atoms with Crippen LogP contribution in [0.1, 0.15) is 32.1 Å². The lowest BCUT2D eigenvalue weighted by Crippen LogP contribution is -2.38. The summed E-state index contributed by atoms with van der Waals surface area (Å²) >= 11 is 0. The van der Waals surface area contributed by atoms with Gasteiger partial charge in [-0.2, -0.15) is 0 Å². The third kappa shape index (κ3) is 1.40. The van der Waals surface area contributed by atoms with E-state index in [-0.39, 0.29) is 6.10 Å². The Bertz CT molecular complexity index is 216. The first-order valence-corrected chi connectivity index (χ1v) is 6.10. The highest BCUT2D eigenvalue weighted by Crippen LogP contribution is 2.52. The Morgan fingerprint density at radius 1 is 1.00 bits per heavy atom. The maximum Gasteiger partial charge on any atom is 0.0615 e. The van der Waals surface area contributed by atoms with Crippen molar-refractivity contribution in [3.63, 3.8) is 0 Å². The molecule has 2 nitrogen and oxygen atoms in total. The van der Waals surface area contributed by atoms with E-state index in [1.807, 2.05) is 0 Å². The quantitative estimate of drug-likeness (QED) is 0.693. The van der Waals surface area contributed by atoms with Crippen molar-refractivity contribution in [2.45, 2.75) is 38.2 Å². The molecule has 3 aliphatic rings. The first kappa shape index (κ1) is 9.17. The molecule has 1 N–H and O–H groups in total. The summed E-state index contributed by atoms with van der Waals surface area (Å²) in [7, 11) is 0. The summed E-state index contributed by atoms with van der Waals surface area (Å²) in [6.45, 7) is 1.58. The maximum absolute atomic E-state index is 9.98. The Morgan fingerprint density at radius 2 is 1.93 bits per heavy atom. The number of aliphatic hydroxyl groups is 1. The zero-order valence-electron chi connectivity index (χ0n) is 8.69. The van der Waals surface area contributed by atoms with Crippen LogP contribution in [0.5, 0.6) is 0 Å². The summed E-state index contributed by atoms with van der Waals surface area (Å²) in [5.74, 6) is 3.14. The zero-order chi connectivity index (χ0) is 9.54. The van der Waals surface area contributed by atoms with Crippen molar-refractivity contribution in [2.24, 2.45) is 23.7 Å². The lowest BCUT2D eigenvalue weighted by molar-refractivity contribution is -0.0666. The van der Waals surface area contributed by atoms with Crippen LogP contribution in [-0.4, -0.2) is 24.4 Å². The van der Waals surface area contributed by atoms with Crippen molar-refractivity contribution in [3.05, 3.63) is 0 Å². The van der Waals surface area contributed by atoms with E-state index in [1.165, 1.54) is 25.7 Å². The summed E-state index contributed by atoms with van der Waals surface area (Å²) in [6, 6.07) is 0. The number of hydrogen-bond donors (Lipinski definition) is 1. The van der Waals surface area contributed by atoms with Crippen LogP contribution < -0.4 is 0 Å². The average molecular weight is 196 g/mol. The Balaban J connectivity index is 1.69. The van der Waals surface area contributed by atoms with Crippen molar-refractivity contribution in [3.8, 4) is 0 Å². The van der Waals surface area contributed by atoms with Crippen LogP contribution in [0.25, 0.3) is 0 Å². The molecule has 80 valence electrons. The van der Waals surface area contributed by atoms with Crippen LogP contribution >= 0.6 is 0 Å². The van der Waals surface area contributed by atoms with Crippen molar-refractivity contribution in [1.82, 2.24) is 0 Å². The molecule has 5 atom stereocenters. The van der Waals surface area contributed by atoms with Crippen LogP contribution in [0.15, 0.2) is 0 Å². The molecule has 1 aliphatic heterocycles. The second-order valence-electron chi connectivity index (χ2n) is 5.43. The minimum Gasteiger partial charge on any atom is -0.393 e. The Labute approximate surface area is 85.6 Å². The van der Waals surface area contributed by atoms with Crippen LogP contribution in [0.3, 0.4) is 0 Å². The van der Waals surface area contributed by atoms with Gasteiger partial charge in [0.1, 0.15) is 0 Å². The molecule has 1 heterocycles. The first-order chi connectivity index (χ1) is 6.84. The van der Waals surface area contributed by atoms with E-state index in [0.717, 1.165) is 37.4 Å². The van der Waals surface area contributed by atoms with Crippen molar-refractivity contribution < 1.29 is 9.84 Å². The van der Waals surface area contributed by atoms with Gasteiger partial charge in [-0.1, -0.05) is 6.42 Å². The molecule has 0 aromatic heterocycles. The maximum atomic E-state index is 9.98. The second-order valence-corrected chi connectivity index (χ2v) is 5.43. The molecule has 0 radical (unpaired) electrons. The Hall–Kier alpha value is -0.0800. The standard InChI is InChI=1S/C12H20O2/c13-12-3-4-14-7-11(12)10-6-8-1-2-9(10)5-8/h8-13H,1-7H2. The molecule has 2 aliphatic carbocycles. The summed E-state index contributed by atoms with van der Waals surface area (Å²) in [5, 5.41) is 9.98. The SMILES string of the molecule is OC1CCOCC1C1CC2CCC1C2. The molecule has 3 rings (SSSR count). The topological polar surface area (TPSA) is 29.5 Å². The number of hydrogen-bond acceptors (Lipinski definition) is 2. The van der Waals surface area contributed by atoms with Crippen LogP contribution in [0.2, 0.25) is 0 Å². The summed E-state index contributed by atoms with van der Waals surface area (Å²) in [6.07, 6.45) is 6.46. The van der Waals surface area contributed by atoms with E-state index in [4.69, 9.17) is 4.74 Å². The number of rotatable bonds is 1. The molecular weight excluding hydrogens is 176 g/mol. The highest BCUT2D eigenvalue weighted by molar-refractivity contribution is 4.95. The van der Waals surface area contributed by atoms with Gasteiger partial charge in [0, 0.05) is 12.5 Å². The van der Waals surface area contributed by atoms with Crippen LogP contribution in [-0.2, 0) is 4.74 Å². The van der Waals surface area contributed by atoms with E-state index in [1.54, 1.807) is 0 Å². The minimum atomic E-state index is -0.0758. The van der Waals surface area contributed by atoms with Gasteiger partial charge in [-0.05, 0) is 43.4 Å². The molecule has 2 bridgehead atoms. The molecule has 14 heavy (non-hydrogen) atoms. The molecule has 0 aromatic rings. The smallest absolute Gasteiger partial charge is 0.0615 e. The van der Waals surface area contributed by atoms with Crippen LogP contribution in [0, 0.1) is 23.7 Å². The van der Waals surface area contributed by atoms with E-state index in [2.05, 4.69) is 0 Å². The summed E-state index contributed by atoms with van der Waals surface area (Å²) < 4.78 is 5.51. The normalized spacial score (nSPS) is 52.5. The largest absolute Gasteiger partial charge is 0.393 e. The fourth-order valence-corrected chi connectivity index (χ4v) is 3.98. The number of fused-ring (bicyclic) bond motifs is 2. The molecule has 2 heteroatoms. The van der Waals surface area contributed by atoms with Gasteiger partial charge in [-0.25, -0.2) is 0 Å². The predicted molar refractivity (Wildman–Crippen MR) is 53.9 cm³/mol. The molecule has 5 unspecified atom stereocenters. The lowest BCUT2D eigenvalue weighted by Gasteiger charge is -2.36. The molecule has 1 saturated heterocycles. The zero-order valence-corrected chi connectivity index (χ0v) is 8.69.